The van der Waals surface area contributed by atoms with E-state index in [1.54, 1.807) is 20.8 Å². The maximum atomic E-state index is 13.5. The predicted molar refractivity (Wildman–Crippen MR) is 102 cm³/mol. The molecule has 0 aromatic heterocycles. The quantitative estimate of drug-likeness (QED) is 0.781. The third-order valence-electron chi connectivity index (χ3n) is 4.21. The van der Waals surface area contributed by atoms with Crippen molar-refractivity contribution in [3.8, 4) is 5.75 Å². The van der Waals surface area contributed by atoms with Gasteiger partial charge in [0.05, 0.1) is 17.7 Å². The summed E-state index contributed by atoms with van der Waals surface area (Å²) in [4.78, 5) is 12.6. The standard InChI is InChI=1S/C19H23FN2O4S/c1-5-22(6-2)27(24,25)15-9-10-18(26-4)17(12-15)21-19(23)16-11-14(20)8-7-13(16)3/h7-12H,5-6H2,1-4H3,(H,21,23). The van der Waals surface area contributed by atoms with Crippen LogP contribution in [0.4, 0.5) is 10.1 Å². The van der Waals surface area contributed by atoms with Crippen molar-refractivity contribution < 1.29 is 22.3 Å². The summed E-state index contributed by atoms with van der Waals surface area (Å²) in [6.07, 6.45) is 0. The first kappa shape index (κ1) is 20.9. The molecule has 0 aliphatic carbocycles. The zero-order valence-electron chi connectivity index (χ0n) is 15.7. The van der Waals surface area contributed by atoms with E-state index in [4.69, 9.17) is 4.74 Å². The molecule has 0 atom stereocenters. The minimum absolute atomic E-state index is 0.0401. The van der Waals surface area contributed by atoms with Gasteiger partial charge in [-0.25, -0.2) is 12.8 Å². The van der Waals surface area contributed by atoms with E-state index in [1.807, 2.05) is 0 Å². The Morgan fingerprint density at radius 3 is 2.41 bits per heavy atom. The van der Waals surface area contributed by atoms with E-state index in [9.17, 15) is 17.6 Å². The molecule has 6 nitrogen and oxygen atoms in total. The van der Waals surface area contributed by atoms with Crippen LogP contribution in [0.5, 0.6) is 5.75 Å². The van der Waals surface area contributed by atoms with Crippen molar-refractivity contribution in [3.63, 3.8) is 0 Å². The minimum Gasteiger partial charge on any atom is -0.495 e. The maximum Gasteiger partial charge on any atom is 0.256 e. The van der Waals surface area contributed by atoms with Gasteiger partial charge >= 0.3 is 0 Å². The lowest BCUT2D eigenvalue weighted by Gasteiger charge is -2.19. The molecule has 2 rings (SSSR count). The van der Waals surface area contributed by atoms with Crippen LogP contribution in [-0.4, -0.2) is 38.8 Å². The summed E-state index contributed by atoms with van der Waals surface area (Å²) in [5, 5.41) is 2.62. The number of halogens is 1. The van der Waals surface area contributed by atoms with Crippen molar-refractivity contribution in [2.45, 2.75) is 25.7 Å². The van der Waals surface area contributed by atoms with Gasteiger partial charge in [-0.15, -0.1) is 0 Å². The second kappa shape index (κ2) is 8.49. The van der Waals surface area contributed by atoms with Gasteiger partial charge in [0.25, 0.3) is 5.91 Å². The molecule has 0 saturated carbocycles. The van der Waals surface area contributed by atoms with E-state index in [0.29, 0.717) is 24.4 Å². The van der Waals surface area contributed by atoms with Crippen LogP contribution < -0.4 is 10.1 Å². The Morgan fingerprint density at radius 1 is 1.15 bits per heavy atom. The van der Waals surface area contributed by atoms with Crippen LogP contribution in [0, 0.1) is 12.7 Å². The molecule has 0 unspecified atom stereocenters. The number of benzene rings is 2. The molecule has 2 aromatic rings. The molecule has 0 aliphatic rings. The molecule has 8 heteroatoms. The highest BCUT2D eigenvalue weighted by atomic mass is 32.2. The highest BCUT2D eigenvalue weighted by Gasteiger charge is 2.23. The van der Waals surface area contributed by atoms with Crippen LogP contribution in [0.3, 0.4) is 0 Å². The number of hydrogen-bond donors (Lipinski definition) is 1. The number of carbonyl (C=O) groups excluding carboxylic acids is 1. The highest BCUT2D eigenvalue weighted by Crippen LogP contribution is 2.29. The Morgan fingerprint density at radius 2 is 1.81 bits per heavy atom. The summed E-state index contributed by atoms with van der Waals surface area (Å²) in [6.45, 7) is 5.84. The smallest absolute Gasteiger partial charge is 0.256 e. The Hall–Kier alpha value is -2.45. The van der Waals surface area contributed by atoms with Crippen molar-refractivity contribution in [3.05, 3.63) is 53.3 Å². The molecule has 0 aliphatic heterocycles. The Labute approximate surface area is 159 Å². The van der Waals surface area contributed by atoms with Crippen LogP contribution in [-0.2, 0) is 10.0 Å². The molecule has 1 amide bonds. The van der Waals surface area contributed by atoms with Gasteiger partial charge in [-0.05, 0) is 42.8 Å². The molecule has 0 heterocycles. The van der Waals surface area contributed by atoms with E-state index in [0.717, 1.165) is 6.07 Å². The fourth-order valence-electron chi connectivity index (χ4n) is 2.69. The van der Waals surface area contributed by atoms with Gasteiger partial charge in [0.15, 0.2) is 0 Å². The number of sulfonamides is 1. The number of amides is 1. The molecule has 0 bridgehead atoms. The molecule has 146 valence electrons. The van der Waals surface area contributed by atoms with E-state index in [-0.39, 0.29) is 16.1 Å². The highest BCUT2D eigenvalue weighted by molar-refractivity contribution is 7.89. The Bertz CT molecular complexity index is 941. The topological polar surface area (TPSA) is 75.7 Å². The molecular weight excluding hydrogens is 371 g/mol. The van der Waals surface area contributed by atoms with Crippen LogP contribution in [0.15, 0.2) is 41.3 Å². The lowest BCUT2D eigenvalue weighted by Crippen LogP contribution is -2.30. The SMILES string of the molecule is CCN(CC)S(=O)(=O)c1ccc(OC)c(NC(=O)c2cc(F)ccc2C)c1. The number of nitrogens with one attached hydrogen (secondary N) is 1. The fourth-order valence-corrected chi connectivity index (χ4v) is 4.17. The Balaban J connectivity index is 2.44. The lowest BCUT2D eigenvalue weighted by molar-refractivity contribution is 0.102. The number of aryl methyl sites for hydroxylation is 1. The van der Waals surface area contributed by atoms with Crippen LogP contribution in [0.25, 0.3) is 0 Å². The molecule has 1 N–H and O–H groups in total. The monoisotopic (exact) mass is 394 g/mol. The molecule has 2 aromatic carbocycles. The number of carbonyl (C=O) groups is 1. The van der Waals surface area contributed by atoms with Gasteiger partial charge in [-0.2, -0.15) is 4.31 Å². The number of ether oxygens (including phenoxy) is 1. The largest absolute Gasteiger partial charge is 0.495 e. The van der Waals surface area contributed by atoms with Crippen molar-refractivity contribution >= 4 is 21.6 Å². The molecular formula is C19H23FN2O4S. The average Bonchev–Trinajstić information content (AvgIpc) is 2.64. The molecule has 27 heavy (non-hydrogen) atoms. The van der Waals surface area contributed by atoms with Crippen molar-refractivity contribution in [2.24, 2.45) is 0 Å². The average molecular weight is 394 g/mol. The maximum absolute atomic E-state index is 13.5. The number of methoxy groups -OCH3 is 1. The third-order valence-corrected chi connectivity index (χ3v) is 6.25. The summed E-state index contributed by atoms with van der Waals surface area (Å²) in [5.74, 6) is -0.783. The van der Waals surface area contributed by atoms with Gasteiger partial charge < -0.3 is 10.1 Å². The summed E-state index contributed by atoms with van der Waals surface area (Å²) < 4.78 is 45.5. The minimum atomic E-state index is -3.70. The predicted octanol–water partition coefficient (Wildman–Crippen LogP) is 3.43. The van der Waals surface area contributed by atoms with Crippen molar-refractivity contribution in [1.29, 1.82) is 0 Å². The van der Waals surface area contributed by atoms with E-state index < -0.39 is 21.7 Å². The van der Waals surface area contributed by atoms with Crippen molar-refractivity contribution in [2.75, 3.05) is 25.5 Å². The summed E-state index contributed by atoms with van der Waals surface area (Å²) in [6, 6.07) is 8.15. The van der Waals surface area contributed by atoms with Crippen LogP contribution in [0.2, 0.25) is 0 Å². The summed E-state index contributed by atoms with van der Waals surface area (Å²) >= 11 is 0. The fraction of sp³-hybridized carbons (Fsp3) is 0.316. The molecule has 0 radical (unpaired) electrons. The second-order valence-electron chi connectivity index (χ2n) is 5.86. The van der Waals surface area contributed by atoms with E-state index in [1.165, 1.54) is 41.7 Å². The number of anilines is 1. The van der Waals surface area contributed by atoms with Crippen LogP contribution in [0.1, 0.15) is 29.8 Å². The first-order valence-electron chi connectivity index (χ1n) is 8.50. The summed E-state index contributed by atoms with van der Waals surface area (Å²) in [7, 11) is -2.28. The van der Waals surface area contributed by atoms with E-state index in [2.05, 4.69) is 5.32 Å². The van der Waals surface area contributed by atoms with Gasteiger partial charge in [0.1, 0.15) is 11.6 Å². The normalized spacial score (nSPS) is 11.5. The molecule has 0 saturated heterocycles. The third kappa shape index (κ3) is 4.45. The lowest BCUT2D eigenvalue weighted by atomic mass is 10.1. The molecule has 0 spiro atoms. The van der Waals surface area contributed by atoms with Crippen LogP contribution >= 0.6 is 0 Å². The zero-order valence-corrected chi connectivity index (χ0v) is 16.6. The van der Waals surface area contributed by atoms with Gasteiger partial charge in [-0.3, -0.25) is 4.79 Å². The summed E-state index contributed by atoms with van der Waals surface area (Å²) in [5.41, 5.74) is 0.952. The van der Waals surface area contributed by atoms with E-state index >= 15 is 0 Å². The van der Waals surface area contributed by atoms with Gasteiger partial charge in [0, 0.05) is 18.7 Å². The number of nitrogens with zero attached hydrogens (tertiary/aromatic N) is 1. The zero-order chi connectivity index (χ0) is 20.2. The Kier molecular flexibility index (Phi) is 6.56. The second-order valence-corrected chi connectivity index (χ2v) is 7.80. The molecule has 0 fully saturated rings. The first-order valence-corrected chi connectivity index (χ1v) is 9.94. The number of hydrogen-bond acceptors (Lipinski definition) is 4. The first-order chi connectivity index (χ1) is 12.7. The number of rotatable bonds is 7. The van der Waals surface area contributed by atoms with Gasteiger partial charge in [-0.1, -0.05) is 19.9 Å². The van der Waals surface area contributed by atoms with Gasteiger partial charge in [0.2, 0.25) is 10.0 Å². The van der Waals surface area contributed by atoms with Crippen molar-refractivity contribution in [1.82, 2.24) is 4.31 Å².